The number of methoxy groups -OCH3 is 1. The Bertz CT molecular complexity index is 990. The zero-order valence-electron chi connectivity index (χ0n) is 15.9. The maximum atomic E-state index is 12.4. The van der Waals surface area contributed by atoms with E-state index in [2.05, 4.69) is 38.1 Å². The number of aryl methyl sites for hydroxylation is 1. The van der Waals surface area contributed by atoms with Crippen molar-refractivity contribution in [3.8, 4) is 17.1 Å². The van der Waals surface area contributed by atoms with Gasteiger partial charge in [0, 0.05) is 15.8 Å². The van der Waals surface area contributed by atoms with Gasteiger partial charge in [-0.15, -0.1) is 10.2 Å². The second-order valence-electron chi connectivity index (χ2n) is 6.05. The number of aromatic nitrogens is 3. The van der Waals surface area contributed by atoms with Crippen molar-refractivity contribution < 1.29 is 9.53 Å². The summed E-state index contributed by atoms with van der Waals surface area (Å²) in [4.78, 5) is 12.4. The van der Waals surface area contributed by atoms with Gasteiger partial charge in [-0.25, -0.2) is 0 Å². The van der Waals surface area contributed by atoms with Crippen LogP contribution in [-0.4, -0.2) is 33.5 Å². The second kappa shape index (κ2) is 9.42. The third-order valence-electron chi connectivity index (χ3n) is 4.18. The third kappa shape index (κ3) is 4.67. The predicted molar refractivity (Wildman–Crippen MR) is 121 cm³/mol. The zero-order chi connectivity index (χ0) is 20.1. The number of benzene rings is 2. The molecule has 3 rings (SSSR count). The normalized spacial score (nSPS) is 10.7. The first-order valence-corrected chi connectivity index (χ1v) is 10.8. The largest absolute Gasteiger partial charge is 0.496 e. The van der Waals surface area contributed by atoms with Crippen molar-refractivity contribution >= 4 is 45.9 Å². The van der Waals surface area contributed by atoms with Crippen molar-refractivity contribution in [2.45, 2.75) is 25.5 Å². The van der Waals surface area contributed by atoms with Crippen LogP contribution in [0.25, 0.3) is 11.4 Å². The minimum atomic E-state index is -0.0706. The molecule has 0 unspecified atom stereocenters. The molecule has 1 N–H and O–H groups in total. The van der Waals surface area contributed by atoms with E-state index in [-0.39, 0.29) is 11.7 Å². The number of thioether (sulfide) groups is 1. The van der Waals surface area contributed by atoms with Crippen molar-refractivity contribution in [2.24, 2.45) is 0 Å². The van der Waals surface area contributed by atoms with E-state index in [1.807, 2.05) is 60.9 Å². The molecule has 0 aliphatic carbocycles. The summed E-state index contributed by atoms with van der Waals surface area (Å²) in [5, 5.41) is 12.3. The van der Waals surface area contributed by atoms with Gasteiger partial charge in [0.25, 0.3) is 0 Å². The summed E-state index contributed by atoms with van der Waals surface area (Å²) in [6.45, 7) is 4.71. The molecular formula is C20H21IN4O2S. The standard InChI is InChI=1S/C20H21IN4O2S/c1-4-25-19(15-7-5-6-8-17(15)27-3)23-24-20(25)28-12-18(26)22-16-10-9-14(21)11-13(16)2/h5-11H,4,12H2,1-3H3,(H,22,26). The van der Waals surface area contributed by atoms with Crippen LogP contribution in [0.1, 0.15) is 12.5 Å². The molecule has 6 nitrogen and oxygen atoms in total. The Balaban J connectivity index is 1.73. The van der Waals surface area contributed by atoms with E-state index in [1.54, 1.807) is 7.11 Å². The summed E-state index contributed by atoms with van der Waals surface area (Å²) in [6, 6.07) is 13.6. The lowest BCUT2D eigenvalue weighted by molar-refractivity contribution is -0.113. The molecule has 0 saturated heterocycles. The second-order valence-corrected chi connectivity index (χ2v) is 8.23. The molecule has 0 aliphatic heterocycles. The number of carbonyl (C=O) groups excluding carboxylic acids is 1. The van der Waals surface area contributed by atoms with Gasteiger partial charge < -0.3 is 14.6 Å². The number of hydrogen-bond donors (Lipinski definition) is 1. The molecule has 1 heterocycles. The summed E-state index contributed by atoms with van der Waals surface area (Å²) < 4.78 is 8.57. The molecule has 8 heteroatoms. The van der Waals surface area contributed by atoms with Gasteiger partial charge in [-0.2, -0.15) is 0 Å². The first-order valence-electron chi connectivity index (χ1n) is 8.78. The van der Waals surface area contributed by atoms with Crippen molar-refractivity contribution in [3.63, 3.8) is 0 Å². The smallest absolute Gasteiger partial charge is 0.234 e. The topological polar surface area (TPSA) is 69.0 Å². The molecule has 0 spiro atoms. The summed E-state index contributed by atoms with van der Waals surface area (Å²) in [5.41, 5.74) is 2.75. The molecule has 0 radical (unpaired) electrons. The van der Waals surface area contributed by atoms with E-state index in [4.69, 9.17) is 4.74 Å². The highest BCUT2D eigenvalue weighted by molar-refractivity contribution is 14.1. The quantitative estimate of drug-likeness (QED) is 0.373. The Morgan fingerprint density at radius 2 is 2.04 bits per heavy atom. The summed E-state index contributed by atoms with van der Waals surface area (Å²) in [5.74, 6) is 1.67. The fourth-order valence-corrected chi connectivity index (χ4v) is 4.24. The Morgan fingerprint density at radius 3 is 2.75 bits per heavy atom. The van der Waals surface area contributed by atoms with Crippen LogP contribution in [0.15, 0.2) is 47.6 Å². The number of anilines is 1. The van der Waals surface area contributed by atoms with Crippen LogP contribution < -0.4 is 10.1 Å². The molecule has 3 aromatic rings. The van der Waals surface area contributed by atoms with Gasteiger partial charge in [-0.05, 0) is 72.3 Å². The van der Waals surface area contributed by atoms with Gasteiger partial charge in [-0.1, -0.05) is 23.9 Å². The average Bonchev–Trinajstić information content (AvgIpc) is 3.11. The highest BCUT2D eigenvalue weighted by atomic mass is 127. The number of nitrogens with one attached hydrogen (secondary N) is 1. The molecule has 0 saturated carbocycles. The number of hydrogen-bond acceptors (Lipinski definition) is 5. The number of para-hydroxylation sites is 1. The van der Waals surface area contributed by atoms with Gasteiger partial charge in [0.2, 0.25) is 5.91 Å². The van der Waals surface area contributed by atoms with E-state index in [9.17, 15) is 4.79 Å². The highest BCUT2D eigenvalue weighted by Gasteiger charge is 2.17. The number of halogens is 1. The van der Waals surface area contributed by atoms with Crippen molar-refractivity contribution in [1.29, 1.82) is 0 Å². The molecule has 0 aliphatic rings. The first-order chi connectivity index (χ1) is 13.5. The van der Waals surface area contributed by atoms with Gasteiger partial charge >= 0.3 is 0 Å². The summed E-state index contributed by atoms with van der Waals surface area (Å²) >= 11 is 3.63. The van der Waals surface area contributed by atoms with Crippen molar-refractivity contribution in [3.05, 3.63) is 51.6 Å². The molecule has 28 heavy (non-hydrogen) atoms. The number of amides is 1. The maximum absolute atomic E-state index is 12.4. The predicted octanol–water partition coefficient (Wildman–Crippen LogP) is 4.62. The number of rotatable bonds is 7. The Kier molecular flexibility index (Phi) is 6.95. The number of ether oxygens (including phenoxy) is 1. The lowest BCUT2D eigenvalue weighted by atomic mass is 10.2. The van der Waals surface area contributed by atoms with Crippen molar-refractivity contribution in [1.82, 2.24) is 14.8 Å². The first kappa shape index (κ1) is 20.7. The lowest BCUT2D eigenvalue weighted by Gasteiger charge is -2.11. The Labute approximate surface area is 182 Å². The third-order valence-corrected chi connectivity index (χ3v) is 5.81. The van der Waals surface area contributed by atoms with Crippen molar-refractivity contribution in [2.75, 3.05) is 18.2 Å². The molecular weight excluding hydrogens is 487 g/mol. The van der Waals surface area contributed by atoms with E-state index in [0.717, 1.165) is 32.0 Å². The molecule has 0 fully saturated rings. The summed E-state index contributed by atoms with van der Waals surface area (Å²) in [7, 11) is 1.64. The number of carbonyl (C=O) groups is 1. The van der Waals surface area contributed by atoms with Crippen LogP contribution in [0, 0.1) is 10.5 Å². The Hall–Kier alpha value is -2.07. The number of nitrogens with zero attached hydrogens (tertiary/aromatic N) is 3. The molecule has 2 aromatic carbocycles. The van der Waals surface area contributed by atoms with E-state index < -0.39 is 0 Å². The summed E-state index contributed by atoms with van der Waals surface area (Å²) in [6.07, 6.45) is 0. The molecule has 146 valence electrons. The van der Waals surface area contributed by atoms with Crippen LogP contribution in [-0.2, 0) is 11.3 Å². The van der Waals surface area contributed by atoms with E-state index in [1.165, 1.54) is 11.8 Å². The van der Waals surface area contributed by atoms with Crippen LogP contribution in [0.3, 0.4) is 0 Å². The van der Waals surface area contributed by atoms with Crippen LogP contribution in [0.4, 0.5) is 5.69 Å². The van der Waals surface area contributed by atoms with E-state index >= 15 is 0 Å². The van der Waals surface area contributed by atoms with Gasteiger partial charge in [0.05, 0.1) is 18.4 Å². The van der Waals surface area contributed by atoms with Crippen LogP contribution in [0.2, 0.25) is 0 Å². The zero-order valence-corrected chi connectivity index (χ0v) is 18.9. The SMILES string of the molecule is CCn1c(SCC(=O)Nc2ccc(I)cc2C)nnc1-c1ccccc1OC. The minimum absolute atomic E-state index is 0.0706. The molecule has 0 atom stereocenters. The highest BCUT2D eigenvalue weighted by Crippen LogP contribution is 2.30. The monoisotopic (exact) mass is 508 g/mol. The van der Waals surface area contributed by atoms with E-state index in [0.29, 0.717) is 11.7 Å². The molecule has 1 amide bonds. The minimum Gasteiger partial charge on any atom is -0.496 e. The maximum Gasteiger partial charge on any atom is 0.234 e. The van der Waals surface area contributed by atoms with Gasteiger partial charge in [0.15, 0.2) is 11.0 Å². The molecule has 1 aromatic heterocycles. The van der Waals surface area contributed by atoms with Gasteiger partial charge in [0.1, 0.15) is 5.75 Å². The average molecular weight is 508 g/mol. The lowest BCUT2D eigenvalue weighted by Crippen LogP contribution is -2.15. The van der Waals surface area contributed by atoms with Crippen LogP contribution >= 0.6 is 34.4 Å². The Morgan fingerprint density at radius 1 is 1.25 bits per heavy atom. The van der Waals surface area contributed by atoms with Gasteiger partial charge in [-0.3, -0.25) is 4.79 Å². The van der Waals surface area contributed by atoms with Crippen LogP contribution in [0.5, 0.6) is 5.75 Å². The fraction of sp³-hybridized carbons (Fsp3) is 0.250. The molecule has 0 bridgehead atoms. The fourth-order valence-electron chi connectivity index (χ4n) is 2.79.